The number of rotatable bonds is 0. The second kappa shape index (κ2) is 5.01. The van der Waals surface area contributed by atoms with Gasteiger partial charge in [-0.15, -0.1) is 0 Å². The molecule has 2 aromatic heterocycles. The van der Waals surface area contributed by atoms with Crippen LogP contribution in [0, 0.1) is 6.92 Å². The van der Waals surface area contributed by atoms with Crippen molar-refractivity contribution in [3.05, 3.63) is 16.3 Å². The summed E-state index contributed by atoms with van der Waals surface area (Å²) < 4.78 is 7.36. The van der Waals surface area contributed by atoms with Crippen molar-refractivity contribution >= 4 is 39.7 Å². The van der Waals surface area contributed by atoms with Crippen LogP contribution in [0.5, 0.6) is 5.88 Å². The Kier molecular flexibility index (Phi) is 3.22. The molecule has 116 valence electrons. The molecule has 1 unspecified atom stereocenters. The van der Waals surface area contributed by atoms with Crippen LogP contribution in [0.2, 0.25) is 0 Å². The quantitative estimate of drug-likeness (QED) is 0.571. The van der Waals surface area contributed by atoms with E-state index in [4.69, 9.17) is 4.74 Å². The van der Waals surface area contributed by atoms with Gasteiger partial charge in [0.15, 0.2) is 11.5 Å². The third-order valence-electron chi connectivity index (χ3n) is 4.12. The van der Waals surface area contributed by atoms with Gasteiger partial charge in [-0.25, -0.2) is 12.6 Å². The van der Waals surface area contributed by atoms with Crippen molar-refractivity contribution in [1.29, 1.82) is 0 Å². The summed E-state index contributed by atoms with van der Waals surface area (Å²) in [5.41, 5.74) is 0.254. The SMILES string of the molecule is Cc1nc2c3c(nc(=O)n(I)c3n1)N1CCN(C)CC1CO2. The summed E-state index contributed by atoms with van der Waals surface area (Å²) in [4.78, 5) is 29.7. The Balaban J connectivity index is 2.02. The van der Waals surface area contributed by atoms with Crippen molar-refractivity contribution in [3.8, 4) is 5.88 Å². The van der Waals surface area contributed by atoms with E-state index in [1.54, 1.807) is 6.92 Å². The van der Waals surface area contributed by atoms with Crippen molar-refractivity contribution in [3.63, 3.8) is 0 Å². The summed E-state index contributed by atoms with van der Waals surface area (Å²) in [5, 5.41) is 0.728. The predicted octanol–water partition coefficient (Wildman–Crippen LogP) is 0.206. The molecule has 2 aromatic rings. The van der Waals surface area contributed by atoms with E-state index in [1.807, 2.05) is 22.9 Å². The topological polar surface area (TPSA) is 76.4 Å². The second-order valence-corrected chi connectivity index (χ2v) is 6.66. The lowest BCUT2D eigenvalue weighted by Crippen LogP contribution is -2.54. The van der Waals surface area contributed by atoms with Crippen LogP contribution in [0.1, 0.15) is 5.82 Å². The van der Waals surface area contributed by atoms with Crippen LogP contribution < -0.4 is 15.3 Å². The van der Waals surface area contributed by atoms with Gasteiger partial charge >= 0.3 is 5.69 Å². The Labute approximate surface area is 140 Å². The summed E-state index contributed by atoms with van der Waals surface area (Å²) in [6, 6.07) is 0.161. The molecule has 0 N–H and O–H groups in total. The number of piperazine rings is 1. The maximum atomic E-state index is 12.2. The van der Waals surface area contributed by atoms with Crippen molar-refractivity contribution in [1.82, 2.24) is 22.6 Å². The number of nitrogens with zero attached hydrogens (tertiary/aromatic N) is 6. The summed E-state index contributed by atoms with van der Waals surface area (Å²) in [5.74, 6) is 1.76. The maximum Gasteiger partial charge on any atom is 0.360 e. The molecule has 1 atom stereocenters. The van der Waals surface area contributed by atoms with Crippen LogP contribution in [0.4, 0.5) is 5.82 Å². The number of anilines is 1. The van der Waals surface area contributed by atoms with Crippen LogP contribution >= 0.6 is 22.9 Å². The van der Waals surface area contributed by atoms with Gasteiger partial charge in [0.2, 0.25) is 5.88 Å². The fourth-order valence-electron chi connectivity index (χ4n) is 3.07. The first-order chi connectivity index (χ1) is 10.5. The highest BCUT2D eigenvalue weighted by Gasteiger charge is 2.33. The Hall–Kier alpha value is -1.49. The average Bonchev–Trinajstić information content (AvgIpc) is 2.62. The standard InChI is InChI=1S/C13H15IN6O2/c1-7-15-11-9-10(17-13(21)20(11)14)19-4-3-18(2)5-8(19)6-22-12(9)16-7/h8H,3-6H2,1-2H3. The highest BCUT2D eigenvalue weighted by Crippen LogP contribution is 2.34. The molecule has 22 heavy (non-hydrogen) atoms. The van der Waals surface area contributed by atoms with E-state index in [0.29, 0.717) is 29.8 Å². The molecule has 0 radical (unpaired) electrons. The van der Waals surface area contributed by atoms with Crippen LogP contribution in [-0.4, -0.2) is 62.0 Å². The molecule has 1 saturated heterocycles. The zero-order valence-corrected chi connectivity index (χ0v) is 14.4. The van der Waals surface area contributed by atoms with Crippen LogP contribution in [0.3, 0.4) is 0 Å². The van der Waals surface area contributed by atoms with E-state index in [9.17, 15) is 4.79 Å². The van der Waals surface area contributed by atoms with Gasteiger partial charge in [-0.3, -0.25) is 0 Å². The first-order valence-corrected chi connectivity index (χ1v) is 8.06. The number of aryl methyl sites for hydroxylation is 1. The summed E-state index contributed by atoms with van der Waals surface area (Å²) in [6.45, 7) is 4.94. The summed E-state index contributed by atoms with van der Waals surface area (Å²) in [6.07, 6.45) is 0. The van der Waals surface area contributed by atoms with Crippen molar-refractivity contribution in [2.24, 2.45) is 0 Å². The monoisotopic (exact) mass is 414 g/mol. The molecule has 2 aliphatic rings. The lowest BCUT2D eigenvalue weighted by Gasteiger charge is -2.39. The average molecular weight is 414 g/mol. The van der Waals surface area contributed by atoms with E-state index in [-0.39, 0.29) is 11.7 Å². The number of hydrogen-bond donors (Lipinski definition) is 0. The van der Waals surface area contributed by atoms with Gasteiger partial charge in [0.1, 0.15) is 17.8 Å². The minimum Gasteiger partial charge on any atom is -0.475 e. The van der Waals surface area contributed by atoms with Crippen molar-refractivity contribution in [2.75, 3.05) is 38.2 Å². The summed E-state index contributed by atoms with van der Waals surface area (Å²) >= 11 is 1.93. The van der Waals surface area contributed by atoms with Gasteiger partial charge in [-0.2, -0.15) is 9.97 Å². The van der Waals surface area contributed by atoms with E-state index in [0.717, 1.165) is 25.0 Å². The van der Waals surface area contributed by atoms with Crippen molar-refractivity contribution < 1.29 is 4.74 Å². The van der Waals surface area contributed by atoms with E-state index in [1.165, 1.54) is 2.78 Å². The number of halogens is 1. The van der Waals surface area contributed by atoms with Gasteiger partial charge in [-0.05, 0) is 14.0 Å². The molecule has 0 spiro atoms. The molecule has 4 heterocycles. The Bertz CT molecular complexity index is 822. The molecule has 0 aromatic carbocycles. The van der Waals surface area contributed by atoms with Gasteiger partial charge < -0.3 is 14.5 Å². The normalized spacial score (nSPS) is 21.4. The molecule has 1 fully saturated rings. The van der Waals surface area contributed by atoms with Gasteiger partial charge in [0.25, 0.3) is 0 Å². The van der Waals surface area contributed by atoms with Crippen LogP contribution in [0.15, 0.2) is 4.79 Å². The highest BCUT2D eigenvalue weighted by molar-refractivity contribution is 14.1. The third kappa shape index (κ3) is 2.06. The van der Waals surface area contributed by atoms with E-state index in [2.05, 4.69) is 31.8 Å². The zero-order chi connectivity index (χ0) is 15.4. The lowest BCUT2D eigenvalue weighted by molar-refractivity contribution is 0.204. The van der Waals surface area contributed by atoms with E-state index >= 15 is 0 Å². The largest absolute Gasteiger partial charge is 0.475 e. The molecule has 8 nitrogen and oxygen atoms in total. The van der Waals surface area contributed by atoms with Crippen LogP contribution in [0.25, 0.3) is 11.0 Å². The minimum atomic E-state index is -0.313. The molecule has 9 heteroatoms. The molecule has 0 bridgehead atoms. The van der Waals surface area contributed by atoms with Gasteiger partial charge in [0.05, 0.1) is 28.9 Å². The molecule has 4 rings (SSSR count). The first kappa shape index (κ1) is 14.1. The first-order valence-electron chi connectivity index (χ1n) is 7.10. The Morgan fingerprint density at radius 2 is 2.09 bits per heavy atom. The van der Waals surface area contributed by atoms with Crippen molar-refractivity contribution in [2.45, 2.75) is 13.0 Å². The predicted molar refractivity (Wildman–Crippen MR) is 89.9 cm³/mol. The number of hydrogen-bond acceptors (Lipinski definition) is 7. The second-order valence-electron chi connectivity index (χ2n) is 5.69. The number of likely N-dealkylation sites (N-methyl/N-ethyl adjacent to an activating group) is 1. The lowest BCUT2D eigenvalue weighted by atomic mass is 10.2. The minimum absolute atomic E-state index is 0.161. The van der Waals surface area contributed by atoms with Crippen LogP contribution in [-0.2, 0) is 0 Å². The Morgan fingerprint density at radius 3 is 2.91 bits per heavy atom. The molecular weight excluding hydrogens is 399 g/mol. The number of aromatic nitrogens is 4. The van der Waals surface area contributed by atoms with E-state index < -0.39 is 0 Å². The smallest absolute Gasteiger partial charge is 0.360 e. The third-order valence-corrected chi connectivity index (χ3v) is 4.99. The van der Waals surface area contributed by atoms with Gasteiger partial charge in [-0.1, -0.05) is 0 Å². The molecule has 2 aliphatic heterocycles. The number of fused-ring (bicyclic) bond motifs is 2. The van der Waals surface area contributed by atoms with Gasteiger partial charge in [0, 0.05) is 19.6 Å². The molecular formula is C13H15IN6O2. The summed E-state index contributed by atoms with van der Waals surface area (Å²) in [7, 11) is 2.09. The Morgan fingerprint density at radius 1 is 1.27 bits per heavy atom. The fraction of sp³-hybridized carbons (Fsp3) is 0.538. The zero-order valence-electron chi connectivity index (χ0n) is 12.3. The maximum absolute atomic E-state index is 12.2. The molecule has 0 saturated carbocycles. The molecule has 0 aliphatic carbocycles. The molecule has 0 amide bonds. The number of ether oxygens (including phenoxy) is 1. The highest BCUT2D eigenvalue weighted by atomic mass is 127. The fourth-order valence-corrected chi connectivity index (χ4v) is 3.53.